The van der Waals surface area contributed by atoms with Crippen LogP contribution in [0.1, 0.15) is 24.8 Å². The second kappa shape index (κ2) is 3.36. The monoisotopic (exact) mass is 215 g/mol. The number of aliphatic hydroxyl groups is 1. The van der Waals surface area contributed by atoms with Crippen LogP contribution in [0.15, 0.2) is 30.5 Å². The van der Waals surface area contributed by atoms with Crippen molar-refractivity contribution in [1.82, 2.24) is 4.57 Å². The molecule has 84 valence electrons. The van der Waals surface area contributed by atoms with E-state index >= 15 is 0 Å². The molecule has 1 fully saturated rings. The van der Waals surface area contributed by atoms with Gasteiger partial charge >= 0.3 is 0 Å². The van der Waals surface area contributed by atoms with Crippen molar-refractivity contribution in [2.24, 2.45) is 7.05 Å². The Morgan fingerprint density at radius 3 is 2.88 bits per heavy atom. The summed E-state index contributed by atoms with van der Waals surface area (Å²) in [7, 11) is 2.07. The number of hydrogen-bond donors (Lipinski definition) is 1. The van der Waals surface area contributed by atoms with Gasteiger partial charge in [-0.3, -0.25) is 0 Å². The molecule has 1 aliphatic carbocycles. The van der Waals surface area contributed by atoms with Crippen molar-refractivity contribution in [3.63, 3.8) is 0 Å². The molecular weight excluding hydrogens is 198 g/mol. The Morgan fingerprint density at radius 2 is 2.12 bits per heavy atom. The van der Waals surface area contributed by atoms with Crippen molar-refractivity contribution >= 4 is 10.9 Å². The molecule has 0 saturated heterocycles. The predicted octanol–water partition coefficient (Wildman–Crippen LogP) is 2.64. The molecule has 0 spiro atoms. The lowest BCUT2D eigenvalue weighted by Gasteiger charge is -2.08. The summed E-state index contributed by atoms with van der Waals surface area (Å²) in [5.74, 6) is 0. The molecule has 0 atom stereocenters. The highest BCUT2D eigenvalue weighted by atomic mass is 16.3. The van der Waals surface area contributed by atoms with Gasteiger partial charge in [0.15, 0.2) is 0 Å². The Bertz CT molecular complexity index is 523. The van der Waals surface area contributed by atoms with Crippen LogP contribution in [0, 0.1) is 0 Å². The molecule has 2 heteroatoms. The molecule has 1 aromatic heterocycles. The van der Waals surface area contributed by atoms with Crippen molar-refractivity contribution in [3.05, 3.63) is 36.0 Å². The maximum atomic E-state index is 9.86. The average molecular weight is 215 g/mol. The quantitative estimate of drug-likeness (QED) is 0.836. The fraction of sp³-hybridized carbons (Fsp3) is 0.429. The maximum Gasteiger partial charge on any atom is 0.0653 e. The Kier molecular flexibility index (Phi) is 2.08. The molecule has 1 N–H and O–H groups in total. The summed E-state index contributed by atoms with van der Waals surface area (Å²) in [5, 5.41) is 11.2. The van der Waals surface area contributed by atoms with E-state index in [1.807, 2.05) is 0 Å². The minimum Gasteiger partial charge on any atom is -0.390 e. The standard InChI is InChI=1S/C14H17NO/c1-15-10-6-12-11(3-2-4-13(12)15)5-7-14(16)8-9-14/h2-4,6,10,16H,5,7-9H2,1H3. The second-order valence-corrected chi connectivity index (χ2v) is 5.00. The summed E-state index contributed by atoms with van der Waals surface area (Å²) in [6.07, 6.45) is 5.95. The van der Waals surface area contributed by atoms with Crippen LogP contribution < -0.4 is 0 Å². The molecule has 16 heavy (non-hydrogen) atoms. The highest BCUT2D eigenvalue weighted by Gasteiger charge is 2.39. The molecule has 0 amide bonds. The zero-order chi connectivity index (χ0) is 11.2. The molecule has 1 aliphatic rings. The van der Waals surface area contributed by atoms with Crippen molar-refractivity contribution in [2.75, 3.05) is 0 Å². The fourth-order valence-corrected chi connectivity index (χ4v) is 2.35. The molecule has 2 aromatic rings. The fourth-order valence-electron chi connectivity index (χ4n) is 2.35. The molecular formula is C14H17NO. The Balaban J connectivity index is 1.90. The number of benzene rings is 1. The van der Waals surface area contributed by atoms with Crippen LogP contribution in [-0.4, -0.2) is 15.3 Å². The largest absolute Gasteiger partial charge is 0.390 e. The average Bonchev–Trinajstić information content (AvgIpc) is 2.90. The van der Waals surface area contributed by atoms with Crippen molar-refractivity contribution < 1.29 is 5.11 Å². The van der Waals surface area contributed by atoms with E-state index in [9.17, 15) is 5.11 Å². The first-order chi connectivity index (χ1) is 7.68. The summed E-state index contributed by atoms with van der Waals surface area (Å²) in [4.78, 5) is 0. The van der Waals surface area contributed by atoms with Gasteiger partial charge in [0, 0.05) is 24.1 Å². The van der Waals surface area contributed by atoms with E-state index < -0.39 is 0 Å². The van der Waals surface area contributed by atoms with Crippen molar-refractivity contribution in [3.8, 4) is 0 Å². The van der Waals surface area contributed by atoms with Gasteiger partial charge in [0.25, 0.3) is 0 Å². The predicted molar refractivity (Wildman–Crippen MR) is 65.4 cm³/mol. The van der Waals surface area contributed by atoms with Gasteiger partial charge in [0.05, 0.1) is 5.60 Å². The van der Waals surface area contributed by atoms with Gasteiger partial charge in [-0.25, -0.2) is 0 Å². The first kappa shape index (κ1) is 9.91. The summed E-state index contributed by atoms with van der Waals surface area (Å²) in [6, 6.07) is 8.59. The van der Waals surface area contributed by atoms with E-state index in [1.165, 1.54) is 16.5 Å². The number of nitrogens with zero attached hydrogens (tertiary/aromatic N) is 1. The van der Waals surface area contributed by atoms with Crippen LogP contribution in [0.4, 0.5) is 0 Å². The van der Waals surface area contributed by atoms with Gasteiger partial charge in [0.1, 0.15) is 0 Å². The van der Waals surface area contributed by atoms with Gasteiger partial charge in [-0.15, -0.1) is 0 Å². The maximum absolute atomic E-state index is 9.86. The summed E-state index contributed by atoms with van der Waals surface area (Å²) >= 11 is 0. The molecule has 3 rings (SSSR count). The smallest absolute Gasteiger partial charge is 0.0653 e. The number of aromatic nitrogens is 1. The lowest BCUT2D eigenvalue weighted by molar-refractivity contribution is 0.140. The van der Waals surface area contributed by atoms with Gasteiger partial charge in [-0.05, 0) is 43.4 Å². The molecule has 1 saturated carbocycles. The molecule has 1 heterocycles. The van der Waals surface area contributed by atoms with E-state index in [2.05, 4.69) is 42.1 Å². The number of aryl methyl sites for hydroxylation is 2. The van der Waals surface area contributed by atoms with Crippen LogP contribution in [0.2, 0.25) is 0 Å². The zero-order valence-electron chi connectivity index (χ0n) is 9.61. The zero-order valence-corrected chi connectivity index (χ0v) is 9.61. The van der Waals surface area contributed by atoms with Crippen LogP contribution in [0.5, 0.6) is 0 Å². The summed E-state index contributed by atoms with van der Waals surface area (Å²) < 4.78 is 2.14. The highest BCUT2D eigenvalue weighted by molar-refractivity contribution is 5.83. The summed E-state index contributed by atoms with van der Waals surface area (Å²) in [5.41, 5.74) is 2.30. The molecule has 0 unspecified atom stereocenters. The topological polar surface area (TPSA) is 25.2 Å². The van der Waals surface area contributed by atoms with Crippen molar-refractivity contribution in [1.29, 1.82) is 0 Å². The van der Waals surface area contributed by atoms with E-state index in [-0.39, 0.29) is 5.60 Å². The van der Waals surface area contributed by atoms with E-state index in [1.54, 1.807) is 0 Å². The Hall–Kier alpha value is -1.28. The first-order valence-electron chi connectivity index (χ1n) is 5.93. The van der Waals surface area contributed by atoms with Crippen LogP contribution in [-0.2, 0) is 13.5 Å². The highest BCUT2D eigenvalue weighted by Crippen LogP contribution is 2.39. The SMILES string of the molecule is Cn1ccc2c(CCC3(O)CC3)cccc21. The molecule has 1 aromatic carbocycles. The third-order valence-electron chi connectivity index (χ3n) is 3.71. The Labute approximate surface area is 95.5 Å². The number of rotatable bonds is 3. The van der Waals surface area contributed by atoms with E-state index in [4.69, 9.17) is 0 Å². The third-order valence-corrected chi connectivity index (χ3v) is 3.71. The van der Waals surface area contributed by atoms with Gasteiger partial charge < -0.3 is 9.67 Å². The summed E-state index contributed by atoms with van der Waals surface area (Å²) in [6.45, 7) is 0. The van der Waals surface area contributed by atoms with Crippen molar-refractivity contribution in [2.45, 2.75) is 31.3 Å². The lowest BCUT2D eigenvalue weighted by atomic mass is 10.0. The third kappa shape index (κ3) is 1.63. The van der Waals surface area contributed by atoms with Gasteiger partial charge in [-0.1, -0.05) is 12.1 Å². The van der Waals surface area contributed by atoms with Crippen LogP contribution in [0.25, 0.3) is 10.9 Å². The minimum absolute atomic E-state index is 0.336. The van der Waals surface area contributed by atoms with Crippen LogP contribution in [0.3, 0.4) is 0 Å². The van der Waals surface area contributed by atoms with E-state index in [0.717, 1.165) is 25.7 Å². The molecule has 2 nitrogen and oxygen atoms in total. The van der Waals surface area contributed by atoms with Crippen LogP contribution >= 0.6 is 0 Å². The molecule has 0 aliphatic heterocycles. The second-order valence-electron chi connectivity index (χ2n) is 5.00. The van der Waals surface area contributed by atoms with E-state index in [0.29, 0.717) is 0 Å². The van der Waals surface area contributed by atoms with Gasteiger partial charge in [-0.2, -0.15) is 0 Å². The lowest BCUT2D eigenvalue weighted by Crippen LogP contribution is -2.07. The Morgan fingerprint density at radius 1 is 1.31 bits per heavy atom. The minimum atomic E-state index is -0.336. The normalized spacial score (nSPS) is 17.9. The number of fused-ring (bicyclic) bond motifs is 1. The number of hydrogen-bond acceptors (Lipinski definition) is 1. The molecule has 0 bridgehead atoms. The first-order valence-corrected chi connectivity index (χ1v) is 5.93. The molecule has 0 radical (unpaired) electrons. The van der Waals surface area contributed by atoms with Gasteiger partial charge in [0.2, 0.25) is 0 Å².